The lowest BCUT2D eigenvalue weighted by molar-refractivity contribution is -0.115. The zero-order valence-corrected chi connectivity index (χ0v) is 13.0. The number of likely N-dealkylation sites (tertiary alicyclic amines) is 1. The van der Waals surface area contributed by atoms with Gasteiger partial charge in [-0.1, -0.05) is 13.0 Å². The molecule has 0 aromatic heterocycles. The average Bonchev–Trinajstić information content (AvgIpc) is 3.27. The van der Waals surface area contributed by atoms with Gasteiger partial charge in [0.1, 0.15) is 0 Å². The van der Waals surface area contributed by atoms with E-state index in [1.54, 1.807) is 31.2 Å². The molecular formula is C17H23N3O2. The molecule has 1 atom stereocenters. The summed E-state index contributed by atoms with van der Waals surface area (Å²) < 4.78 is 0. The molecule has 1 aromatic rings. The van der Waals surface area contributed by atoms with E-state index in [1.165, 1.54) is 12.8 Å². The zero-order valence-electron chi connectivity index (χ0n) is 13.0. The molecule has 1 saturated heterocycles. The molecule has 5 nitrogen and oxygen atoms in total. The van der Waals surface area contributed by atoms with E-state index in [0.717, 1.165) is 25.6 Å². The number of hydrogen-bond donors (Lipinski definition) is 2. The number of carbonyl (C=O) groups excluding carboxylic acids is 2. The SMILES string of the molecule is CCC(=O)Nc1cccc(C(=O)N[C@H]2CCN(C3CC3)C2)c1. The molecule has 0 spiro atoms. The quantitative estimate of drug-likeness (QED) is 0.874. The summed E-state index contributed by atoms with van der Waals surface area (Å²) in [4.78, 5) is 26.3. The molecule has 3 rings (SSSR count). The Balaban J connectivity index is 1.57. The molecular weight excluding hydrogens is 278 g/mol. The summed E-state index contributed by atoms with van der Waals surface area (Å²) in [5.74, 6) is -0.108. The molecule has 5 heteroatoms. The van der Waals surface area contributed by atoms with Crippen LogP contribution in [0.25, 0.3) is 0 Å². The summed E-state index contributed by atoms with van der Waals surface area (Å²) in [6.07, 6.45) is 4.06. The zero-order chi connectivity index (χ0) is 15.5. The van der Waals surface area contributed by atoms with Crippen LogP contribution in [0.2, 0.25) is 0 Å². The van der Waals surface area contributed by atoms with Crippen molar-refractivity contribution in [2.24, 2.45) is 0 Å². The summed E-state index contributed by atoms with van der Waals surface area (Å²) in [7, 11) is 0. The monoisotopic (exact) mass is 301 g/mol. The van der Waals surface area contributed by atoms with Gasteiger partial charge in [-0.15, -0.1) is 0 Å². The highest BCUT2D eigenvalue weighted by atomic mass is 16.2. The second kappa shape index (κ2) is 6.48. The van der Waals surface area contributed by atoms with Crippen LogP contribution in [0.5, 0.6) is 0 Å². The Kier molecular flexibility index (Phi) is 4.43. The Hall–Kier alpha value is -1.88. The van der Waals surface area contributed by atoms with Gasteiger partial charge in [0.05, 0.1) is 0 Å². The molecule has 0 bridgehead atoms. The maximum absolute atomic E-state index is 12.4. The minimum atomic E-state index is -0.0600. The van der Waals surface area contributed by atoms with Crippen LogP contribution < -0.4 is 10.6 Å². The van der Waals surface area contributed by atoms with E-state index in [1.807, 2.05) is 0 Å². The number of nitrogens with one attached hydrogen (secondary N) is 2. The van der Waals surface area contributed by atoms with Gasteiger partial charge in [0.2, 0.25) is 5.91 Å². The molecule has 1 saturated carbocycles. The minimum absolute atomic E-state index is 0.0478. The first-order chi connectivity index (χ1) is 10.7. The molecule has 1 aliphatic carbocycles. The molecule has 2 amide bonds. The van der Waals surface area contributed by atoms with Crippen LogP contribution in [-0.2, 0) is 4.79 Å². The van der Waals surface area contributed by atoms with Gasteiger partial charge in [-0.05, 0) is 37.5 Å². The molecule has 2 N–H and O–H groups in total. The lowest BCUT2D eigenvalue weighted by Crippen LogP contribution is -2.37. The Labute approximate surface area is 131 Å². The van der Waals surface area contributed by atoms with E-state index in [-0.39, 0.29) is 17.9 Å². The van der Waals surface area contributed by atoms with Crippen LogP contribution in [0.4, 0.5) is 5.69 Å². The molecule has 1 aromatic carbocycles. The summed E-state index contributed by atoms with van der Waals surface area (Å²) in [5, 5.41) is 5.89. The van der Waals surface area contributed by atoms with E-state index in [2.05, 4.69) is 15.5 Å². The van der Waals surface area contributed by atoms with Crippen LogP contribution in [0.15, 0.2) is 24.3 Å². The number of amides is 2. The largest absolute Gasteiger partial charge is 0.348 e. The first-order valence-electron chi connectivity index (χ1n) is 8.10. The van der Waals surface area contributed by atoms with E-state index in [0.29, 0.717) is 17.7 Å². The van der Waals surface area contributed by atoms with Crippen molar-refractivity contribution in [1.29, 1.82) is 0 Å². The maximum Gasteiger partial charge on any atom is 0.251 e. The third kappa shape index (κ3) is 3.65. The van der Waals surface area contributed by atoms with Crippen LogP contribution in [0.1, 0.15) is 43.0 Å². The number of carbonyl (C=O) groups is 2. The molecule has 0 radical (unpaired) electrons. The van der Waals surface area contributed by atoms with Crippen LogP contribution >= 0.6 is 0 Å². The molecule has 2 fully saturated rings. The second-order valence-corrected chi connectivity index (χ2v) is 6.17. The van der Waals surface area contributed by atoms with Gasteiger partial charge in [-0.25, -0.2) is 0 Å². The first-order valence-corrected chi connectivity index (χ1v) is 8.10. The molecule has 2 aliphatic rings. The predicted molar refractivity (Wildman–Crippen MR) is 85.8 cm³/mol. The van der Waals surface area contributed by atoms with Gasteiger partial charge in [0.15, 0.2) is 0 Å². The smallest absolute Gasteiger partial charge is 0.251 e. The summed E-state index contributed by atoms with van der Waals surface area (Å²) in [6, 6.07) is 8.11. The highest BCUT2D eigenvalue weighted by molar-refractivity contribution is 5.97. The normalized spacial score (nSPS) is 21.6. The van der Waals surface area contributed by atoms with E-state index in [4.69, 9.17) is 0 Å². The van der Waals surface area contributed by atoms with Crippen LogP contribution in [-0.4, -0.2) is 41.9 Å². The number of hydrogen-bond acceptors (Lipinski definition) is 3. The van der Waals surface area contributed by atoms with Crippen molar-refractivity contribution < 1.29 is 9.59 Å². The van der Waals surface area contributed by atoms with Gasteiger partial charge in [0, 0.05) is 42.8 Å². The Morgan fingerprint density at radius 3 is 2.82 bits per heavy atom. The predicted octanol–water partition coefficient (Wildman–Crippen LogP) is 2.00. The standard InChI is InChI=1S/C17H23N3O2/c1-2-16(21)18-13-5-3-4-12(10-13)17(22)19-14-8-9-20(11-14)15-6-7-15/h3-5,10,14-15H,2,6-9,11H2,1H3,(H,18,21)(H,19,22)/t14-/m0/s1. The summed E-state index contributed by atoms with van der Waals surface area (Å²) in [6.45, 7) is 3.85. The average molecular weight is 301 g/mol. The lowest BCUT2D eigenvalue weighted by Gasteiger charge is -2.16. The second-order valence-electron chi connectivity index (χ2n) is 6.17. The van der Waals surface area contributed by atoms with Crippen molar-refractivity contribution in [3.05, 3.63) is 29.8 Å². The maximum atomic E-state index is 12.4. The molecule has 22 heavy (non-hydrogen) atoms. The summed E-state index contributed by atoms with van der Waals surface area (Å²) in [5.41, 5.74) is 1.27. The van der Waals surface area contributed by atoms with Crippen molar-refractivity contribution >= 4 is 17.5 Å². The molecule has 1 aliphatic heterocycles. The summed E-state index contributed by atoms with van der Waals surface area (Å²) >= 11 is 0. The molecule has 118 valence electrons. The van der Waals surface area contributed by atoms with Crippen molar-refractivity contribution in [1.82, 2.24) is 10.2 Å². The number of nitrogens with zero attached hydrogens (tertiary/aromatic N) is 1. The number of benzene rings is 1. The Morgan fingerprint density at radius 2 is 2.09 bits per heavy atom. The van der Waals surface area contributed by atoms with Crippen molar-refractivity contribution in [2.75, 3.05) is 18.4 Å². The minimum Gasteiger partial charge on any atom is -0.348 e. The highest BCUT2D eigenvalue weighted by Crippen LogP contribution is 2.29. The molecule has 0 unspecified atom stereocenters. The Morgan fingerprint density at radius 1 is 1.27 bits per heavy atom. The van der Waals surface area contributed by atoms with Gasteiger partial charge < -0.3 is 10.6 Å². The molecule has 1 heterocycles. The van der Waals surface area contributed by atoms with Gasteiger partial charge in [0.25, 0.3) is 5.91 Å². The van der Waals surface area contributed by atoms with Gasteiger partial charge in [-0.2, -0.15) is 0 Å². The third-order valence-corrected chi connectivity index (χ3v) is 4.35. The fraction of sp³-hybridized carbons (Fsp3) is 0.529. The lowest BCUT2D eigenvalue weighted by atomic mass is 10.1. The van der Waals surface area contributed by atoms with Crippen molar-refractivity contribution in [3.8, 4) is 0 Å². The number of anilines is 1. The number of rotatable bonds is 5. The first kappa shape index (κ1) is 15.0. The van der Waals surface area contributed by atoms with Crippen molar-refractivity contribution in [3.63, 3.8) is 0 Å². The topological polar surface area (TPSA) is 61.4 Å². The Bertz CT molecular complexity index is 569. The van der Waals surface area contributed by atoms with E-state index < -0.39 is 0 Å². The highest BCUT2D eigenvalue weighted by Gasteiger charge is 2.34. The van der Waals surface area contributed by atoms with Crippen molar-refractivity contribution in [2.45, 2.75) is 44.7 Å². The van der Waals surface area contributed by atoms with Crippen LogP contribution in [0.3, 0.4) is 0 Å². The van der Waals surface area contributed by atoms with Gasteiger partial charge in [-0.3, -0.25) is 14.5 Å². The van der Waals surface area contributed by atoms with Gasteiger partial charge >= 0.3 is 0 Å². The fourth-order valence-corrected chi connectivity index (χ4v) is 2.93. The van der Waals surface area contributed by atoms with E-state index in [9.17, 15) is 9.59 Å². The third-order valence-electron chi connectivity index (χ3n) is 4.35. The van der Waals surface area contributed by atoms with E-state index >= 15 is 0 Å². The fourth-order valence-electron chi connectivity index (χ4n) is 2.93. The van der Waals surface area contributed by atoms with Crippen LogP contribution in [0, 0.1) is 0 Å².